The molecule has 2 atom stereocenters. The van der Waals surface area contributed by atoms with Gasteiger partial charge >= 0.3 is 5.97 Å². The van der Waals surface area contributed by atoms with Gasteiger partial charge in [-0.2, -0.15) is 0 Å². The van der Waals surface area contributed by atoms with Gasteiger partial charge in [0.05, 0.1) is 0 Å². The van der Waals surface area contributed by atoms with Crippen molar-refractivity contribution in [2.24, 2.45) is 0 Å². The van der Waals surface area contributed by atoms with Crippen LogP contribution >= 0.6 is 0 Å². The van der Waals surface area contributed by atoms with Crippen molar-refractivity contribution in [2.45, 2.75) is 69.6 Å². The van der Waals surface area contributed by atoms with Crippen LogP contribution in [0.3, 0.4) is 0 Å². The fourth-order valence-corrected chi connectivity index (χ4v) is 3.70. The molecule has 1 aliphatic heterocycles. The molecule has 0 aromatic heterocycles. The minimum atomic E-state index is -0.991. The first-order chi connectivity index (χ1) is 8.95. The first-order valence-electron chi connectivity index (χ1n) is 7.25. The van der Waals surface area contributed by atoms with Crippen molar-refractivity contribution in [1.29, 1.82) is 0 Å². The molecule has 1 saturated heterocycles. The van der Waals surface area contributed by atoms with E-state index in [4.69, 9.17) is 0 Å². The zero-order valence-corrected chi connectivity index (χ0v) is 11.6. The summed E-state index contributed by atoms with van der Waals surface area (Å²) in [6.45, 7) is 4.10. The number of nitrogens with zero attached hydrogens (tertiary/aromatic N) is 2. The van der Waals surface area contributed by atoms with Gasteiger partial charge < -0.3 is 10.0 Å². The molecule has 1 heterocycles. The smallest absolute Gasteiger partial charge is 0.331 e. The molecule has 0 aromatic carbocycles. The summed E-state index contributed by atoms with van der Waals surface area (Å²) in [6, 6.07) is 0.952. The molecular weight excluding hydrogens is 244 g/mol. The third-order valence-electron chi connectivity index (χ3n) is 4.77. The van der Waals surface area contributed by atoms with E-state index >= 15 is 0 Å². The summed E-state index contributed by atoms with van der Waals surface area (Å²) in [6.07, 6.45) is 4.81. The summed E-state index contributed by atoms with van der Waals surface area (Å²) < 4.78 is 0. The number of rotatable bonds is 4. The zero-order valence-electron chi connectivity index (χ0n) is 11.6. The van der Waals surface area contributed by atoms with Crippen LogP contribution in [0.15, 0.2) is 0 Å². The van der Waals surface area contributed by atoms with Gasteiger partial charge in [-0.1, -0.05) is 0 Å². The third-order valence-corrected chi connectivity index (χ3v) is 4.77. The second-order valence-corrected chi connectivity index (χ2v) is 6.41. The van der Waals surface area contributed by atoms with Crippen LogP contribution in [-0.2, 0) is 9.59 Å². The Morgan fingerprint density at radius 1 is 1.26 bits per heavy atom. The Bertz CT molecular complexity index is 417. The van der Waals surface area contributed by atoms with Crippen LogP contribution in [0.2, 0.25) is 0 Å². The van der Waals surface area contributed by atoms with Gasteiger partial charge in [-0.3, -0.25) is 9.69 Å². The van der Waals surface area contributed by atoms with Crippen LogP contribution in [0.5, 0.6) is 0 Å². The average Bonchev–Trinajstić information content (AvgIpc) is 3.19. The lowest BCUT2D eigenvalue weighted by molar-refractivity contribution is -0.158. The Morgan fingerprint density at radius 3 is 2.32 bits per heavy atom. The Labute approximate surface area is 113 Å². The highest BCUT2D eigenvalue weighted by Crippen LogP contribution is 2.43. The lowest BCUT2D eigenvalue weighted by atomic mass is 9.93. The minimum absolute atomic E-state index is 0.0882. The molecular formula is C14H22N2O3. The molecule has 1 N–H and O–H groups in total. The van der Waals surface area contributed by atoms with E-state index in [-0.39, 0.29) is 18.0 Å². The summed E-state index contributed by atoms with van der Waals surface area (Å²) >= 11 is 0. The molecule has 0 spiro atoms. The molecule has 3 rings (SSSR count). The number of likely N-dealkylation sites (tertiary alicyclic amines) is 1. The number of carbonyl (C=O) groups is 2. The van der Waals surface area contributed by atoms with Gasteiger partial charge in [0.15, 0.2) is 5.54 Å². The Balaban J connectivity index is 1.90. The molecule has 2 aliphatic carbocycles. The van der Waals surface area contributed by atoms with Crippen molar-refractivity contribution in [2.75, 3.05) is 6.54 Å². The number of carbonyl (C=O) groups excluding carboxylic acids is 1. The maximum atomic E-state index is 12.0. The van der Waals surface area contributed by atoms with E-state index in [1.807, 2.05) is 0 Å². The van der Waals surface area contributed by atoms with Crippen LogP contribution in [0, 0.1) is 0 Å². The first kappa shape index (κ1) is 12.9. The Kier molecular flexibility index (Phi) is 2.85. The Hall–Kier alpha value is -1.10. The maximum Gasteiger partial charge on any atom is 0.331 e. The van der Waals surface area contributed by atoms with E-state index in [1.165, 1.54) is 19.8 Å². The van der Waals surface area contributed by atoms with Crippen molar-refractivity contribution < 1.29 is 14.7 Å². The highest BCUT2D eigenvalue weighted by molar-refractivity contribution is 5.87. The minimum Gasteiger partial charge on any atom is -0.479 e. The molecule has 2 unspecified atom stereocenters. The molecule has 106 valence electrons. The second-order valence-electron chi connectivity index (χ2n) is 6.41. The molecule has 5 heteroatoms. The van der Waals surface area contributed by atoms with E-state index in [0.29, 0.717) is 19.0 Å². The van der Waals surface area contributed by atoms with Crippen LogP contribution < -0.4 is 0 Å². The molecule has 0 aromatic rings. The molecule has 5 nitrogen and oxygen atoms in total. The summed E-state index contributed by atoms with van der Waals surface area (Å²) in [5, 5.41) is 9.78. The fraction of sp³-hybridized carbons (Fsp3) is 0.857. The quantitative estimate of drug-likeness (QED) is 0.827. The molecule has 3 fully saturated rings. The summed E-state index contributed by atoms with van der Waals surface area (Å²) in [5.41, 5.74) is -0.991. The first-order valence-corrected chi connectivity index (χ1v) is 7.25. The Morgan fingerprint density at radius 2 is 1.89 bits per heavy atom. The highest BCUT2D eigenvalue weighted by atomic mass is 16.4. The maximum absolute atomic E-state index is 12.0. The van der Waals surface area contributed by atoms with E-state index in [1.54, 1.807) is 4.90 Å². The zero-order chi connectivity index (χ0) is 13.8. The van der Waals surface area contributed by atoms with Gasteiger partial charge in [-0.15, -0.1) is 0 Å². The fourth-order valence-electron chi connectivity index (χ4n) is 3.70. The summed E-state index contributed by atoms with van der Waals surface area (Å²) in [5.74, 6) is -0.917. The van der Waals surface area contributed by atoms with Gasteiger partial charge in [0.2, 0.25) is 5.91 Å². The van der Waals surface area contributed by atoms with E-state index in [0.717, 1.165) is 12.8 Å². The second kappa shape index (κ2) is 4.20. The standard InChI is InChI=1S/C14H22N2O3/c1-9-7-14(13(18)19,8-15(9)11-3-4-11)16(10(2)17)12-5-6-12/h9,11-12H,3-8H2,1-2H3,(H,18,19). The van der Waals surface area contributed by atoms with Crippen LogP contribution in [-0.4, -0.2) is 57.0 Å². The van der Waals surface area contributed by atoms with Crippen molar-refractivity contribution in [3.05, 3.63) is 0 Å². The van der Waals surface area contributed by atoms with Crippen LogP contribution in [0.25, 0.3) is 0 Å². The molecule has 0 radical (unpaired) electrons. The van der Waals surface area contributed by atoms with Gasteiger partial charge in [0, 0.05) is 31.6 Å². The van der Waals surface area contributed by atoms with Gasteiger partial charge in [0.1, 0.15) is 0 Å². The van der Waals surface area contributed by atoms with Crippen molar-refractivity contribution in [1.82, 2.24) is 9.80 Å². The number of hydrogen-bond donors (Lipinski definition) is 1. The van der Waals surface area contributed by atoms with E-state index in [2.05, 4.69) is 11.8 Å². The number of carboxylic acids is 1. The number of hydrogen-bond acceptors (Lipinski definition) is 3. The highest BCUT2D eigenvalue weighted by Gasteiger charge is 2.58. The van der Waals surface area contributed by atoms with Crippen molar-refractivity contribution in [3.8, 4) is 0 Å². The topological polar surface area (TPSA) is 60.9 Å². The van der Waals surface area contributed by atoms with Crippen molar-refractivity contribution >= 4 is 11.9 Å². The molecule has 2 saturated carbocycles. The predicted molar refractivity (Wildman–Crippen MR) is 69.7 cm³/mol. The van der Waals surface area contributed by atoms with Gasteiger partial charge in [-0.05, 0) is 39.0 Å². The lowest BCUT2D eigenvalue weighted by Gasteiger charge is -2.37. The molecule has 1 amide bonds. The molecule has 0 bridgehead atoms. The number of aliphatic carboxylic acids is 1. The lowest BCUT2D eigenvalue weighted by Crippen LogP contribution is -2.59. The average molecular weight is 266 g/mol. The summed E-state index contributed by atoms with van der Waals surface area (Å²) in [7, 11) is 0. The van der Waals surface area contributed by atoms with E-state index in [9.17, 15) is 14.7 Å². The largest absolute Gasteiger partial charge is 0.479 e. The van der Waals surface area contributed by atoms with Crippen LogP contribution in [0.4, 0.5) is 0 Å². The van der Waals surface area contributed by atoms with Crippen molar-refractivity contribution in [3.63, 3.8) is 0 Å². The van der Waals surface area contributed by atoms with E-state index < -0.39 is 11.5 Å². The van der Waals surface area contributed by atoms with Gasteiger partial charge in [0.25, 0.3) is 0 Å². The molecule has 19 heavy (non-hydrogen) atoms. The van der Waals surface area contributed by atoms with Crippen LogP contribution in [0.1, 0.15) is 46.0 Å². The molecule has 3 aliphatic rings. The normalized spacial score (nSPS) is 35.4. The predicted octanol–water partition coefficient (Wildman–Crippen LogP) is 1.08. The SMILES string of the molecule is CC(=O)N(C1CC1)C1(C(=O)O)CC(C)N(C2CC2)C1. The summed E-state index contributed by atoms with van der Waals surface area (Å²) in [4.78, 5) is 27.9. The third kappa shape index (κ3) is 2.04. The number of carboxylic acid groups (broad SMARTS) is 1. The van der Waals surface area contributed by atoms with Gasteiger partial charge in [-0.25, -0.2) is 4.79 Å². The monoisotopic (exact) mass is 266 g/mol. The number of amides is 1.